The molecule has 2 aromatic carbocycles. The van der Waals surface area contributed by atoms with Gasteiger partial charge >= 0.3 is 0 Å². The summed E-state index contributed by atoms with van der Waals surface area (Å²) in [5, 5.41) is 7.68. The topological polar surface area (TPSA) is 67.4 Å². The summed E-state index contributed by atoms with van der Waals surface area (Å²) in [6.07, 6.45) is 0.771. The predicted molar refractivity (Wildman–Crippen MR) is 109 cm³/mol. The van der Waals surface area contributed by atoms with E-state index in [9.17, 15) is 9.59 Å². The molecule has 3 aromatic rings. The SMILES string of the molecule is O=C(NCC1Cc2ccccc2O1)c1ccc(CNC(=O)c2cccs2)cc1. The monoisotopic (exact) mass is 392 g/mol. The van der Waals surface area contributed by atoms with Crippen molar-refractivity contribution in [3.63, 3.8) is 0 Å². The van der Waals surface area contributed by atoms with E-state index in [1.165, 1.54) is 16.9 Å². The highest BCUT2D eigenvalue weighted by molar-refractivity contribution is 7.12. The molecule has 28 heavy (non-hydrogen) atoms. The van der Waals surface area contributed by atoms with Crippen molar-refractivity contribution in [2.45, 2.75) is 19.1 Å². The highest BCUT2D eigenvalue weighted by Crippen LogP contribution is 2.27. The fourth-order valence-corrected chi connectivity index (χ4v) is 3.77. The van der Waals surface area contributed by atoms with Gasteiger partial charge in [0.25, 0.3) is 11.8 Å². The predicted octanol–water partition coefficient (Wildman–Crippen LogP) is 3.41. The number of para-hydroxylation sites is 1. The first kappa shape index (κ1) is 18.3. The molecule has 1 aliphatic rings. The number of rotatable bonds is 6. The van der Waals surface area contributed by atoms with Crippen LogP contribution in [0.25, 0.3) is 0 Å². The van der Waals surface area contributed by atoms with E-state index in [2.05, 4.69) is 10.6 Å². The van der Waals surface area contributed by atoms with E-state index >= 15 is 0 Å². The lowest BCUT2D eigenvalue weighted by molar-refractivity contribution is 0.0930. The van der Waals surface area contributed by atoms with Gasteiger partial charge in [0.05, 0.1) is 11.4 Å². The molecule has 0 saturated heterocycles. The van der Waals surface area contributed by atoms with E-state index in [0.29, 0.717) is 23.5 Å². The highest BCUT2D eigenvalue weighted by atomic mass is 32.1. The smallest absolute Gasteiger partial charge is 0.261 e. The maximum atomic E-state index is 12.4. The van der Waals surface area contributed by atoms with Crippen molar-refractivity contribution in [3.8, 4) is 5.75 Å². The molecule has 6 heteroatoms. The fraction of sp³-hybridized carbons (Fsp3) is 0.182. The van der Waals surface area contributed by atoms with Crippen molar-refractivity contribution >= 4 is 23.2 Å². The van der Waals surface area contributed by atoms with Gasteiger partial charge in [-0.05, 0) is 40.8 Å². The molecule has 1 unspecified atom stereocenters. The van der Waals surface area contributed by atoms with Gasteiger partial charge in [0.15, 0.2) is 0 Å². The Balaban J connectivity index is 1.25. The minimum absolute atomic E-state index is 0.0342. The van der Waals surface area contributed by atoms with Gasteiger partial charge in [-0.2, -0.15) is 0 Å². The summed E-state index contributed by atoms with van der Waals surface area (Å²) in [6.45, 7) is 0.888. The van der Waals surface area contributed by atoms with Crippen LogP contribution in [0.5, 0.6) is 5.75 Å². The molecule has 0 saturated carbocycles. The molecule has 0 aliphatic carbocycles. The van der Waals surface area contributed by atoms with E-state index in [4.69, 9.17) is 4.74 Å². The molecule has 0 fully saturated rings. The molecule has 0 radical (unpaired) electrons. The van der Waals surface area contributed by atoms with Crippen LogP contribution in [0.15, 0.2) is 66.0 Å². The maximum absolute atomic E-state index is 12.4. The van der Waals surface area contributed by atoms with Crippen molar-refractivity contribution in [1.29, 1.82) is 0 Å². The average molecular weight is 392 g/mol. The van der Waals surface area contributed by atoms with Crippen LogP contribution in [0.4, 0.5) is 0 Å². The Morgan fingerprint density at radius 2 is 1.79 bits per heavy atom. The van der Waals surface area contributed by atoms with Crippen molar-refractivity contribution in [1.82, 2.24) is 10.6 Å². The Labute approximate surface area is 167 Å². The van der Waals surface area contributed by atoms with Crippen LogP contribution in [0.2, 0.25) is 0 Å². The molecule has 0 bridgehead atoms. The first-order valence-corrected chi connectivity index (χ1v) is 10.0. The Hall–Kier alpha value is -3.12. The van der Waals surface area contributed by atoms with Crippen LogP contribution in [-0.2, 0) is 13.0 Å². The van der Waals surface area contributed by atoms with Crippen LogP contribution in [-0.4, -0.2) is 24.5 Å². The van der Waals surface area contributed by atoms with Gasteiger partial charge in [-0.15, -0.1) is 11.3 Å². The summed E-state index contributed by atoms with van der Waals surface area (Å²) in [5.41, 5.74) is 2.70. The minimum atomic E-state index is -0.131. The minimum Gasteiger partial charge on any atom is -0.488 e. The second-order valence-electron chi connectivity index (χ2n) is 6.62. The second kappa shape index (κ2) is 8.27. The molecular formula is C22H20N2O3S. The Kier molecular flexibility index (Phi) is 5.39. The summed E-state index contributed by atoms with van der Waals surface area (Å²) in [4.78, 5) is 25.0. The van der Waals surface area contributed by atoms with Crippen LogP contribution in [0.3, 0.4) is 0 Å². The van der Waals surface area contributed by atoms with Crippen LogP contribution in [0, 0.1) is 0 Å². The molecule has 4 rings (SSSR count). The van der Waals surface area contributed by atoms with Gasteiger partial charge in [0.1, 0.15) is 11.9 Å². The standard InChI is InChI=1S/C22H20N2O3S/c25-21(24-14-18-12-17-4-1-2-5-19(17)27-18)16-9-7-15(8-10-16)13-23-22(26)20-6-3-11-28-20/h1-11,18H,12-14H2,(H,23,26)(H,24,25). The number of carbonyl (C=O) groups excluding carboxylic acids is 2. The third-order valence-corrected chi connectivity index (χ3v) is 5.49. The summed E-state index contributed by atoms with van der Waals surface area (Å²) >= 11 is 1.41. The lowest BCUT2D eigenvalue weighted by Gasteiger charge is -2.12. The number of hydrogen-bond acceptors (Lipinski definition) is 4. The van der Waals surface area contributed by atoms with E-state index in [1.807, 2.05) is 47.8 Å². The molecular weight excluding hydrogens is 372 g/mol. The van der Waals surface area contributed by atoms with Crippen LogP contribution < -0.4 is 15.4 Å². The number of amides is 2. The van der Waals surface area contributed by atoms with Gasteiger partial charge in [-0.1, -0.05) is 36.4 Å². The number of carbonyl (C=O) groups is 2. The molecule has 2 N–H and O–H groups in total. The number of hydrogen-bond donors (Lipinski definition) is 2. The zero-order valence-electron chi connectivity index (χ0n) is 15.2. The summed E-state index contributed by atoms with van der Waals surface area (Å²) in [5.74, 6) is 0.679. The summed E-state index contributed by atoms with van der Waals surface area (Å²) in [6, 6.07) is 18.8. The first-order valence-electron chi connectivity index (χ1n) is 9.12. The van der Waals surface area contributed by atoms with Gasteiger partial charge in [-0.25, -0.2) is 0 Å². The van der Waals surface area contributed by atoms with E-state index in [1.54, 1.807) is 18.2 Å². The van der Waals surface area contributed by atoms with Crippen LogP contribution >= 0.6 is 11.3 Å². The summed E-state index contributed by atoms with van der Waals surface area (Å²) < 4.78 is 5.84. The normalized spacial score (nSPS) is 14.8. The third kappa shape index (κ3) is 4.23. The van der Waals surface area contributed by atoms with Crippen molar-refractivity contribution in [2.24, 2.45) is 0 Å². The molecule has 1 aromatic heterocycles. The number of ether oxygens (including phenoxy) is 1. The quantitative estimate of drug-likeness (QED) is 0.676. The zero-order chi connectivity index (χ0) is 19.3. The third-order valence-electron chi connectivity index (χ3n) is 4.62. The van der Waals surface area contributed by atoms with Crippen LogP contribution in [0.1, 0.15) is 31.2 Å². The Morgan fingerprint density at radius 1 is 0.964 bits per heavy atom. The molecule has 5 nitrogen and oxygen atoms in total. The molecule has 2 heterocycles. The van der Waals surface area contributed by atoms with Gasteiger partial charge in [0.2, 0.25) is 0 Å². The number of benzene rings is 2. The number of nitrogens with one attached hydrogen (secondary N) is 2. The Bertz CT molecular complexity index is 943. The lowest BCUT2D eigenvalue weighted by Crippen LogP contribution is -2.34. The van der Waals surface area contributed by atoms with Crippen molar-refractivity contribution < 1.29 is 14.3 Å². The number of thiophene rings is 1. The molecule has 2 amide bonds. The maximum Gasteiger partial charge on any atom is 0.261 e. The first-order chi connectivity index (χ1) is 13.7. The van der Waals surface area contributed by atoms with Gasteiger partial charge in [-0.3, -0.25) is 9.59 Å². The van der Waals surface area contributed by atoms with E-state index in [-0.39, 0.29) is 17.9 Å². The molecule has 1 atom stereocenters. The Morgan fingerprint density at radius 3 is 2.54 bits per heavy atom. The fourth-order valence-electron chi connectivity index (χ4n) is 3.13. The zero-order valence-corrected chi connectivity index (χ0v) is 16.0. The molecule has 0 spiro atoms. The summed E-state index contributed by atoms with van der Waals surface area (Å²) in [7, 11) is 0. The van der Waals surface area contributed by atoms with Gasteiger partial charge in [0, 0.05) is 18.5 Å². The number of fused-ring (bicyclic) bond motifs is 1. The largest absolute Gasteiger partial charge is 0.488 e. The van der Waals surface area contributed by atoms with Gasteiger partial charge < -0.3 is 15.4 Å². The van der Waals surface area contributed by atoms with E-state index < -0.39 is 0 Å². The molecule has 142 valence electrons. The van der Waals surface area contributed by atoms with Crippen molar-refractivity contribution in [3.05, 3.63) is 87.6 Å². The van der Waals surface area contributed by atoms with Crippen molar-refractivity contribution in [2.75, 3.05) is 6.54 Å². The van der Waals surface area contributed by atoms with E-state index in [0.717, 1.165) is 17.7 Å². The highest BCUT2D eigenvalue weighted by Gasteiger charge is 2.22. The second-order valence-corrected chi connectivity index (χ2v) is 7.57. The molecule has 1 aliphatic heterocycles. The average Bonchev–Trinajstić information content (AvgIpc) is 3.40. The lowest BCUT2D eigenvalue weighted by atomic mass is 10.1.